The van der Waals surface area contributed by atoms with E-state index in [0.717, 1.165) is 54.7 Å². The standard InChI is InChI=1S/C46H53Cl2N7O5/c1-28(56)54-21-18-33(19-22-54)52(5)24-31-25-53(6)39-23-29(11-14-34(31)39)43-42(48)36(17-20-49-43)35-9-8-10-37(41(35)47)38-15-12-30(44(51-38)59-7)26-55(45(58)60-46(2,3)4)27-32-13-16-40(57)50-32/h8-12,14-15,17,20,23,25,32-33H,13,16,18-19,21-22,24,26-27H2,1-7H3,(H,50,57)/t32-/m0/s1. The van der Waals surface area contributed by atoms with E-state index in [9.17, 15) is 14.4 Å². The molecule has 2 aliphatic rings. The molecule has 14 heteroatoms. The van der Waals surface area contributed by atoms with Gasteiger partial charge < -0.3 is 29.2 Å². The normalized spacial score (nSPS) is 16.1. The van der Waals surface area contributed by atoms with Gasteiger partial charge in [0, 0.05) is 110 Å². The number of halogens is 2. The molecule has 2 aliphatic heterocycles. The van der Waals surface area contributed by atoms with Crippen LogP contribution in [0, 0.1) is 0 Å². The second-order valence-corrected chi connectivity index (χ2v) is 17.6. The largest absolute Gasteiger partial charge is 0.481 e. The number of piperidine rings is 1. The number of aryl methyl sites for hydroxylation is 1. The Balaban J connectivity index is 1.13. The summed E-state index contributed by atoms with van der Waals surface area (Å²) >= 11 is 14.4. The van der Waals surface area contributed by atoms with Crippen LogP contribution in [0.3, 0.4) is 0 Å². The first kappa shape index (κ1) is 42.9. The highest BCUT2D eigenvalue weighted by atomic mass is 35.5. The number of hydrogen-bond acceptors (Lipinski definition) is 8. The monoisotopic (exact) mass is 853 g/mol. The van der Waals surface area contributed by atoms with Crippen LogP contribution in [0.1, 0.15) is 64.5 Å². The summed E-state index contributed by atoms with van der Waals surface area (Å²) in [6.07, 6.45) is 6.44. The van der Waals surface area contributed by atoms with Gasteiger partial charge in [0.25, 0.3) is 0 Å². The van der Waals surface area contributed by atoms with Crippen molar-refractivity contribution in [3.8, 4) is 39.5 Å². The number of amides is 3. The van der Waals surface area contributed by atoms with E-state index in [-0.39, 0.29) is 30.9 Å². The first-order chi connectivity index (χ1) is 28.6. The van der Waals surface area contributed by atoms with Gasteiger partial charge in [-0.05, 0) is 76.9 Å². The molecule has 0 spiro atoms. The molecule has 5 aromatic rings. The average Bonchev–Trinajstić information content (AvgIpc) is 3.77. The van der Waals surface area contributed by atoms with Crippen LogP contribution in [0.15, 0.2) is 67.0 Å². The van der Waals surface area contributed by atoms with E-state index < -0.39 is 11.7 Å². The van der Waals surface area contributed by atoms with Crippen molar-refractivity contribution in [1.82, 2.24) is 34.6 Å². The van der Waals surface area contributed by atoms with Gasteiger partial charge in [0.05, 0.1) is 35.1 Å². The van der Waals surface area contributed by atoms with E-state index >= 15 is 0 Å². The van der Waals surface area contributed by atoms with Gasteiger partial charge in [-0.3, -0.25) is 19.5 Å². The zero-order valence-corrected chi connectivity index (χ0v) is 36.9. The molecule has 7 rings (SSSR count). The highest BCUT2D eigenvalue weighted by Crippen LogP contribution is 2.42. The molecule has 1 N–H and O–H groups in total. The lowest BCUT2D eigenvalue weighted by molar-refractivity contribution is -0.130. The van der Waals surface area contributed by atoms with Gasteiger partial charge in [-0.2, -0.15) is 0 Å². The lowest BCUT2D eigenvalue weighted by Crippen LogP contribution is -2.44. The predicted molar refractivity (Wildman–Crippen MR) is 236 cm³/mol. The Hall–Kier alpha value is -5.17. The zero-order valence-electron chi connectivity index (χ0n) is 35.3. The van der Waals surface area contributed by atoms with E-state index in [0.29, 0.717) is 57.3 Å². The summed E-state index contributed by atoms with van der Waals surface area (Å²) in [7, 11) is 5.76. The number of fused-ring (bicyclic) bond motifs is 1. The number of carbonyl (C=O) groups is 3. The molecule has 0 radical (unpaired) electrons. The number of benzene rings is 2. The van der Waals surface area contributed by atoms with Crippen LogP contribution in [-0.4, -0.2) is 98.6 Å². The van der Waals surface area contributed by atoms with E-state index in [1.807, 2.05) is 62.1 Å². The van der Waals surface area contributed by atoms with Gasteiger partial charge in [0.15, 0.2) is 0 Å². The van der Waals surface area contributed by atoms with Gasteiger partial charge >= 0.3 is 6.09 Å². The van der Waals surface area contributed by atoms with E-state index in [4.69, 9.17) is 42.6 Å². The molecule has 0 aliphatic carbocycles. The third-order valence-electron chi connectivity index (χ3n) is 11.4. The summed E-state index contributed by atoms with van der Waals surface area (Å²) in [6, 6.07) is 17.9. The number of hydrogen-bond donors (Lipinski definition) is 1. The van der Waals surface area contributed by atoms with Crippen molar-refractivity contribution in [2.45, 2.75) is 84.2 Å². The summed E-state index contributed by atoms with van der Waals surface area (Å²) in [5.74, 6) is 0.455. The summed E-state index contributed by atoms with van der Waals surface area (Å²) in [4.78, 5) is 52.6. The Morgan fingerprint density at radius 1 is 0.950 bits per heavy atom. The van der Waals surface area contributed by atoms with Crippen molar-refractivity contribution in [2.24, 2.45) is 7.05 Å². The number of rotatable bonds is 11. The zero-order chi connectivity index (χ0) is 42.9. The van der Waals surface area contributed by atoms with Crippen molar-refractivity contribution in [1.29, 1.82) is 0 Å². The fourth-order valence-electron chi connectivity index (χ4n) is 8.28. The summed E-state index contributed by atoms with van der Waals surface area (Å²) < 4.78 is 13.6. The lowest BCUT2D eigenvalue weighted by Gasteiger charge is -2.36. The second kappa shape index (κ2) is 17.8. The second-order valence-electron chi connectivity index (χ2n) is 16.9. The molecular weight excluding hydrogens is 801 g/mol. The number of nitrogens with one attached hydrogen (secondary N) is 1. The highest BCUT2D eigenvalue weighted by molar-refractivity contribution is 6.39. The summed E-state index contributed by atoms with van der Waals surface area (Å²) in [5, 5.41) is 5.05. The van der Waals surface area contributed by atoms with Crippen LogP contribution in [0.4, 0.5) is 4.79 Å². The average molecular weight is 855 g/mol. The SMILES string of the molecule is COc1nc(-c2cccc(-c3ccnc(-c4ccc5c(CN(C)C6CCN(C(C)=O)CC6)cn(C)c5c4)c3Cl)c2Cl)ccc1CN(C[C@@H]1CCC(=O)N1)C(=O)OC(C)(C)C. The van der Waals surface area contributed by atoms with Crippen LogP contribution in [0.5, 0.6) is 5.88 Å². The number of ether oxygens (including phenoxy) is 2. The summed E-state index contributed by atoms with van der Waals surface area (Å²) in [6.45, 7) is 9.95. The fraction of sp³-hybridized carbons (Fsp3) is 0.413. The maximum absolute atomic E-state index is 13.3. The van der Waals surface area contributed by atoms with Crippen molar-refractivity contribution < 1.29 is 23.9 Å². The maximum atomic E-state index is 13.3. The quantitative estimate of drug-likeness (QED) is 0.140. The van der Waals surface area contributed by atoms with Gasteiger partial charge in [-0.25, -0.2) is 9.78 Å². The molecule has 3 amide bonds. The molecule has 5 heterocycles. The fourth-order valence-corrected chi connectivity index (χ4v) is 8.93. The highest BCUT2D eigenvalue weighted by Gasteiger charge is 2.30. The van der Waals surface area contributed by atoms with Gasteiger partial charge in [0.2, 0.25) is 17.7 Å². The Morgan fingerprint density at radius 2 is 1.68 bits per heavy atom. The predicted octanol–water partition coefficient (Wildman–Crippen LogP) is 8.74. The van der Waals surface area contributed by atoms with Crippen LogP contribution < -0.4 is 10.1 Å². The van der Waals surface area contributed by atoms with Crippen LogP contribution in [0.25, 0.3) is 44.5 Å². The minimum Gasteiger partial charge on any atom is -0.481 e. The Morgan fingerprint density at radius 3 is 2.37 bits per heavy atom. The number of aromatic nitrogens is 3. The molecule has 60 heavy (non-hydrogen) atoms. The summed E-state index contributed by atoms with van der Waals surface area (Å²) in [5.41, 5.74) is 6.54. The Kier molecular flexibility index (Phi) is 12.7. The smallest absolute Gasteiger partial charge is 0.410 e. The van der Waals surface area contributed by atoms with Gasteiger partial charge in [-0.1, -0.05) is 53.5 Å². The van der Waals surface area contributed by atoms with Crippen molar-refractivity contribution in [3.63, 3.8) is 0 Å². The molecule has 2 fully saturated rings. The molecule has 12 nitrogen and oxygen atoms in total. The third kappa shape index (κ3) is 9.41. The van der Waals surface area contributed by atoms with Crippen LogP contribution in [-0.2, 0) is 34.5 Å². The molecule has 2 saturated heterocycles. The van der Waals surface area contributed by atoms with E-state index in [2.05, 4.69) is 53.3 Å². The van der Waals surface area contributed by atoms with Crippen LogP contribution >= 0.6 is 23.2 Å². The number of carbonyl (C=O) groups excluding carboxylic acids is 3. The van der Waals surface area contributed by atoms with Gasteiger partial charge in [-0.15, -0.1) is 0 Å². The van der Waals surface area contributed by atoms with Crippen molar-refractivity contribution in [3.05, 3.63) is 88.2 Å². The molecule has 0 saturated carbocycles. The van der Waals surface area contributed by atoms with Gasteiger partial charge in [0.1, 0.15) is 5.60 Å². The Labute approximate surface area is 361 Å². The molecule has 3 aromatic heterocycles. The van der Waals surface area contributed by atoms with Crippen molar-refractivity contribution in [2.75, 3.05) is 33.8 Å². The topological polar surface area (TPSA) is 122 Å². The minimum atomic E-state index is -0.699. The first-order valence-corrected chi connectivity index (χ1v) is 21.1. The molecule has 316 valence electrons. The molecule has 0 unspecified atom stereocenters. The first-order valence-electron chi connectivity index (χ1n) is 20.4. The number of likely N-dealkylation sites (tertiary alicyclic amines) is 1. The van der Waals surface area contributed by atoms with E-state index in [1.54, 1.807) is 18.0 Å². The third-order valence-corrected chi connectivity index (χ3v) is 12.2. The lowest BCUT2D eigenvalue weighted by atomic mass is 9.99. The van der Waals surface area contributed by atoms with E-state index in [1.165, 1.54) is 18.1 Å². The number of nitrogens with zero attached hydrogens (tertiary/aromatic N) is 6. The molecule has 2 aromatic carbocycles. The Bertz CT molecular complexity index is 2420. The minimum absolute atomic E-state index is 0.0291. The molecule has 1 atom stereocenters. The molecular formula is C46H53Cl2N7O5. The van der Waals surface area contributed by atoms with Crippen molar-refractivity contribution >= 4 is 52.0 Å². The number of pyridine rings is 2. The number of methoxy groups -OCH3 is 1. The van der Waals surface area contributed by atoms with Crippen LogP contribution in [0.2, 0.25) is 10.0 Å². The maximum Gasteiger partial charge on any atom is 0.410 e. The molecule has 0 bridgehead atoms.